The zero-order valence-electron chi connectivity index (χ0n) is 10.6. The molecule has 1 aliphatic carbocycles. The Morgan fingerprint density at radius 2 is 2.20 bits per heavy atom. The Balaban J connectivity index is 1.93. The van der Waals surface area contributed by atoms with Gasteiger partial charge in [0, 0.05) is 24.2 Å². The molecule has 20 heavy (non-hydrogen) atoms. The van der Waals surface area contributed by atoms with Crippen LogP contribution >= 0.6 is 11.6 Å². The van der Waals surface area contributed by atoms with Gasteiger partial charge >= 0.3 is 0 Å². The molecule has 0 aliphatic heterocycles. The fraction of sp³-hybridized carbons (Fsp3) is 0.286. The molecule has 0 bridgehead atoms. The fourth-order valence-corrected chi connectivity index (χ4v) is 2.20. The van der Waals surface area contributed by atoms with Gasteiger partial charge in [-0.3, -0.25) is 4.79 Å². The van der Waals surface area contributed by atoms with Gasteiger partial charge in [0.05, 0.1) is 10.7 Å². The highest BCUT2D eigenvalue weighted by molar-refractivity contribution is 6.33. The second-order valence-corrected chi connectivity index (χ2v) is 5.27. The molecule has 0 atom stereocenters. The predicted molar refractivity (Wildman–Crippen MR) is 75.1 cm³/mol. The van der Waals surface area contributed by atoms with Crippen molar-refractivity contribution in [3.8, 4) is 11.4 Å². The van der Waals surface area contributed by atoms with Crippen LogP contribution < -0.4 is 10.9 Å². The van der Waals surface area contributed by atoms with Gasteiger partial charge in [-0.05, 0) is 31.0 Å². The van der Waals surface area contributed by atoms with Gasteiger partial charge in [0.15, 0.2) is 0 Å². The average Bonchev–Trinajstić information content (AvgIpc) is 3.19. The van der Waals surface area contributed by atoms with Gasteiger partial charge in [-0.15, -0.1) is 0 Å². The first-order valence-corrected chi connectivity index (χ1v) is 6.78. The molecule has 0 amide bonds. The number of hydrogen-bond acceptors (Lipinski definition) is 3. The van der Waals surface area contributed by atoms with Crippen LogP contribution in [0, 0.1) is 5.82 Å². The maximum atomic E-state index is 13.1. The number of hydrogen-bond donors (Lipinski definition) is 2. The Labute approximate surface area is 120 Å². The van der Waals surface area contributed by atoms with E-state index < -0.39 is 5.82 Å². The van der Waals surface area contributed by atoms with Crippen LogP contribution in [0.1, 0.15) is 18.5 Å². The topological polar surface area (TPSA) is 57.8 Å². The molecule has 1 saturated carbocycles. The summed E-state index contributed by atoms with van der Waals surface area (Å²) in [5, 5.41) is 3.52. The lowest BCUT2D eigenvalue weighted by atomic mass is 10.2. The lowest BCUT2D eigenvalue weighted by Crippen LogP contribution is -2.19. The summed E-state index contributed by atoms with van der Waals surface area (Å²) in [6, 6.07) is 5.99. The first-order chi connectivity index (χ1) is 9.61. The third kappa shape index (κ3) is 3.05. The molecule has 0 saturated heterocycles. The van der Waals surface area contributed by atoms with Crippen LogP contribution in [-0.4, -0.2) is 16.0 Å². The summed E-state index contributed by atoms with van der Waals surface area (Å²) < 4.78 is 13.1. The van der Waals surface area contributed by atoms with E-state index in [-0.39, 0.29) is 10.6 Å². The SMILES string of the molecule is O=c1cc(CNC2CC2)nc(-c2ccc(F)cc2Cl)[nH]1. The van der Waals surface area contributed by atoms with Gasteiger partial charge in [-0.25, -0.2) is 9.37 Å². The molecule has 1 fully saturated rings. The van der Waals surface area contributed by atoms with E-state index in [9.17, 15) is 9.18 Å². The van der Waals surface area contributed by atoms with E-state index in [4.69, 9.17) is 11.6 Å². The number of aromatic nitrogens is 2. The predicted octanol–water partition coefficient (Wildman–Crippen LogP) is 2.48. The summed E-state index contributed by atoms with van der Waals surface area (Å²) in [5.74, 6) is -0.0669. The minimum absolute atomic E-state index is 0.223. The summed E-state index contributed by atoms with van der Waals surface area (Å²) >= 11 is 5.99. The van der Waals surface area contributed by atoms with Crippen LogP contribution in [0.15, 0.2) is 29.1 Å². The number of benzene rings is 1. The molecule has 6 heteroatoms. The zero-order valence-corrected chi connectivity index (χ0v) is 11.4. The fourth-order valence-electron chi connectivity index (χ4n) is 1.94. The van der Waals surface area contributed by atoms with Crippen LogP contribution in [0.3, 0.4) is 0 Å². The second kappa shape index (κ2) is 5.34. The molecule has 0 radical (unpaired) electrons. The third-order valence-corrected chi connectivity index (χ3v) is 3.44. The van der Waals surface area contributed by atoms with Gasteiger partial charge in [0.1, 0.15) is 11.6 Å². The van der Waals surface area contributed by atoms with Gasteiger partial charge in [0.2, 0.25) is 0 Å². The van der Waals surface area contributed by atoms with E-state index in [0.717, 1.165) is 0 Å². The Morgan fingerprint density at radius 1 is 1.40 bits per heavy atom. The first-order valence-electron chi connectivity index (χ1n) is 6.41. The summed E-state index contributed by atoms with van der Waals surface area (Å²) in [7, 11) is 0. The number of aromatic amines is 1. The van der Waals surface area contributed by atoms with Crippen molar-refractivity contribution in [3.63, 3.8) is 0 Å². The highest BCUT2D eigenvalue weighted by atomic mass is 35.5. The smallest absolute Gasteiger partial charge is 0.251 e. The molecule has 4 nitrogen and oxygen atoms in total. The van der Waals surface area contributed by atoms with Crippen molar-refractivity contribution in [1.29, 1.82) is 0 Å². The van der Waals surface area contributed by atoms with E-state index in [0.29, 0.717) is 29.7 Å². The van der Waals surface area contributed by atoms with Gasteiger partial charge in [0.25, 0.3) is 5.56 Å². The maximum Gasteiger partial charge on any atom is 0.251 e. The van der Waals surface area contributed by atoms with E-state index in [1.54, 1.807) is 0 Å². The van der Waals surface area contributed by atoms with Crippen molar-refractivity contribution in [3.05, 3.63) is 51.2 Å². The summed E-state index contributed by atoms with van der Waals surface area (Å²) in [6.45, 7) is 0.542. The monoisotopic (exact) mass is 293 g/mol. The maximum absolute atomic E-state index is 13.1. The Morgan fingerprint density at radius 3 is 2.90 bits per heavy atom. The molecule has 1 heterocycles. The minimum Gasteiger partial charge on any atom is -0.308 e. The molecule has 0 unspecified atom stereocenters. The van der Waals surface area contributed by atoms with Crippen LogP contribution in [0.25, 0.3) is 11.4 Å². The van der Waals surface area contributed by atoms with Crippen LogP contribution in [0.2, 0.25) is 5.02 Å². The summed E-state index contributed by atoms with van der Waals surface area (Å²) in [5.41, 5.74) is 0.914. The molecule has 104 valence electrons. The number of rotatable bonds is 4. The Bertz CT molecular complexity index is 697. The van der Waals surface area contributed by atoms with Gasteiger partial charge < -0.3 is 10.3 Å². The van der Waals surface area contributed by atoms with E-state index in [1.807, 2.05) is 0 Å². The standard InChI is InChI=1S/C14H13ClFN3O/c15-12-5-8(16)1-4-11(12)14-18-10(6-13(20)19-14)7-17-9-2-3-9/h1,4-6,9,17H,2-3,7H2,(H,18,19,20). The zero-order chi connectivity index (χ0) is 14.1. The molecule has 1 aliphatic rings. The Hall–Kier alpha value is -1.72. The van der Waals surface area contributed by atoms with Crippen molar-refractivity contribution in [2.45, 2.75) is 25.4 Å². The Kier molecular flexibility index (Phi) is 3.54. The number of nitrogens with one attached hydrogen (secondary N) is 2. The quantitative estimate of drug-likeness (QED) is 0.910. The van der Waals surface area contributed by atoms with Crippen LogP contribution in [0.4, 0.5) is 4.39 Å². The average molecular weight is 294 g/mol. The number of nitrogens with zero attached hydrogens (tertiary/aromatic N) is 1. The molecule has 0 spiro atoms. The molecule has 2 N–H and O–H groups in total. The minimum atomic E-state index is -0.423. The largest absolute Gasteiger partial charge is 0.308 e. The lowest BCUT2D eigenvalue weighted by Gasteiger charge is -2.07. The molecule has 3 rings (SSSR count). The van der Waals surface area contributed by atoms with Crippen LogP contribution in [0.5, 0.6) is 0 Å². The summed E-state index contributed by atoms with van der Waals surface area (Å²) in [6.07, 6.45) is 2.33. The molecular weight excluding hydrogens is 281 g/mol. The van der Waals surface area contributed by atoms with Gasteiger partial charge in [-0.2, -0.15) is 0 Å². The van der Waals surface area contributed by atoms with E-state index in [2.05, 4.69) is 15.3 Å². The van der Waals surface area contributed by atoms with Crippen molar-refractivity contribution in [2.75, 3.05) is 0 Å². The van der Waals surface area contributed by atoms with Crippen molar-refractivity contribution >= 4 is 11.6 Å². The second-order valence-electron chi connectivity index (χ2n) is 4.86. The van der Waals surface area contributed by atoms with E-state index >= 15 is 0 Å². The van der Waals surface area contributed by atoms with Crippen molar-refractivity contribution in [1.82, 2.24) is 15.3 Å². The van der Waals surface area contributed by atoms with Crippen LogP contribution in [-0.2, 0) is 6.54 Å². The van der Waals surface area contributed by atoms with Gasteiger partial charge in [-0.1, -0.05) is 11.6 Å². The third-order valence-electron chi connectivity index (χ3n) is 3.13. The molecule has 2 aromatic rings. The molecule has 1 aromatic carbocycles. The molecular formula is C14H13ClFN3O. The normalized spacial score (nSPS) is 14.5. The van der Waals surface area contributed by atoms with Crippen molar-refractivity contribution < 1.29 is 4.39 Å². The molecule has 1 aromatic heterocycles. The summed E-state index contributed by atoms with van der Waals surface area (Å²) in [4.78, 5) is 18.7. The first kappa shape index (κ1) is 13.3. The highest BCUT2D eigenvalue weighted by Gasteiger charge is 2.20. The van der Waals surface area contributed by atoms with Crippen molar-refractivity contribution in [2.24, 2.45) is 0 Å². The van der Waals surface area contributed by atoms with E-state index in [1.165, 1.54) is 37.1 Å². The number of halogens is 2. The highest BCUT2D eigenvalue weighted by Crippen LogP contribution is 2.25. The lowest BCUT2D eigenvalue weighted by molar-refractivity contribution is 0.628. The number of H-pyrrole nitrogens is 1.